The number of halogens is 3. The van der Waals surface area contributed by atoms with Crippen molar-refractivity contribution in [2.75, 3.05) is 0 Å². The van der Waals surface area contributed by atoms with Crippen LogP contribution in [0, 0.1) is 0 Å². The lowest BCUT2D eigenvalue weighted by atomic mass is 10.1. The van der Waals surface area contributed by atoms with Gasteiger partial charge in [0.1, 0.15) is 6.54 Å². The fraction of sp³-hybridized carbons (Fsp3) is 0.176. The van der Waals surface area contributed by atoms with Crippen molar-refractivity contribution in [2.24, 2.45) is 5.10 Å². The number of nitrogens with zero attached hydrogens (tertiary/aromatic N) is 6. The highest BCUT2D eigenvalue weighted by atomic mass is 19.4. The molecule has 0 aliphatic heterocycles. The summed E-state index contributed by atoms with van der Waals surface area (Å²) in [5.74, 6) is -0.546. The van der Waals surface area contributed by atoms with Crippen LogP contribution >= 0.6 is 0 Å². The fourth-order valence-corrected chi connectivity index (χ4v) is 2.20. The van der Waals surface area contributed by atoms with Gasteiger partial charge < -0.3 is 0 Å². The summed E-state index contributed by atoms with van der Waals surface area (Å²) in [6, 6.07) is 9.83. The Morgan fingerprint density at radius 2 is 2.04 bits per heavy atom. The van der Waals surface area contributed by atoms with E-state index in [1.54, 1.807) is 31.3 Å². The zero-order valence-corrected chi connectivity index (χ0v) is 14.6. The molecule has 8 nitrogen and oxygen atoms in total. The van der Waals surface area contributed by atoms with Gasteiger partial charge in [-0.3, -0.25) is 9.78 Å². The number of amides is 1. The van der Waals surface area contributed by atoms with Gasteiger partial charge in [-0.2, -0.15) is 23.1 Å². The van der Waals surface area contributed by atoms with Crippen LogP contribution in [0.2, 0.25) is 0 Å². The quantitative estimate of drug-likeness (QED) is 0.533. The van der Waals surface area contributed by atoms with Crippen LogP contribution in [0.1, 0.15) is 18.2 Å². The highest BCUT2D eigenvalue weighted by molar-refractivity contribution is 5.97. The summed E-state index contributed by atoms with van der Waals surface area (Å²) >= 11 is 0. The molecular formula is C17H14F3N7O. The molecule has 11 heteroatoms. The Morgan fingerprint density at radius 1 is 1.21 bits per heavy atom. The lowest BCUT2D eigenvalue weighted by Crippen LogP contribution is -2.25. The molecule has 0 bridgehead atoms. The number of hydrazone groups is 1. The molecule has 0 radical (unpaired) electrons. The van der Waals surface area contributed by atoms with Gasteiger partial charge in [0.05, 0.1) is 17.0 Å². The second kappa shape index (κ2) is 7.94. The van der Waals surface area contributed by atoms with Crippen molar-refractivity contribution in [3.05, 3.63) is 59.9 Å². The molecule has 0 aliphatic rings. The van der Waals surface area contributed by atoms with Crippen molar-refractivity contribution in [2.45, 2.75) is 19.6 Å². The van der Waals surface area contributed by atoms with Crippen molar-refractivity contribution in [1.29, 1.82) is 0 Å². The van der Waals surface area contributed by atoms with Gasteiger partial charge in [-0.1, -0.05) is 18.2 Å². The Bertz CT molecular complexity index is 999. The van der Waals surface area contributed by atoms with E-state index in [-0.39, 0.29) is 17.9 Å². The Hall–Kier alpha value is -3.63. The minimum Gasteiger partial charge on any atom is -0.271 e. The van der Waals surface area contributed by atoms with Crippen LogP contribution < -0.4 is 5.43 Å². The third-order valence-electron chi connectivity index (χ3n) is 3.57. The van der Waals surface area contributed by atoms with Crippen LogP contribution in [-0.2, 0) is 17.5 Å². The summed E-state index contributed by atoms with van der Waals surface area (Å²) in [6.45, 7) is 1.38. The molecule has 0 unspecified atom stereocenters. The van der Waals surface area contributed by atoms with Gasteiger partial charge in [0, 0.05) is 11.8 Å². The van der Waals surface area contributed by atoms with Crippen molar-refractivity contribution in [1.82, 2.24) is 30.6 Å². The number of carbonyl (C=O) groups is 1. The van der Waals surface area contributed by atoms with Gasteiger partial charge in [0.25, 0.3) is 5.91 Å². The number of nitrogens with one attached hydrogen (secondary N) is 1. The number of alkyl halides is 3. The van der Waals surface area contributed by atoms with E-state index in [9.17, 15) is 18.0 Å². The summed E-state index contributed by atoms with van der Waals surface area (Å²) in [7, 11) is 0. The third-order valence-corrected chi connectivity index (χ3v) is 3.57. The molecule has 0 aliphatic carbocycles. The number of benzene rings is 1. The smallest absolute Gasteiger partial charge is 0.271 e. The van der Waals surface area contributed by atoms with Crippen molar-refractivity contribution < 1.29 is 18.0 Å². The third kappa shape index (κ3) is 4.75. The highest BCUT2D eigenvalue weighted by Crippen LogP contribution is 2.31. The number of carbonyl (C=O) groups excluding carboxylic acids is 1. The summed E-state index contributed by atoms with van der Waals surface area (Å²) in [5.41, 5.74) is 2.77. The zero-order valence-electron chi connectivity index (χ0n) is 14.6. The van der Waals surface area contributed by atoms with Gasteiger partial charge in [-0.05, 0) is 36.4 Å². The lowest BCUT2D eigenvalue weighted by Gasteiger charge is -2.06. The molecule has 3 aromatic rings. The van der Waals surface area contributed by atoms with E-state index in [2.05, 4.69) is 30.9 Å². The summed E-state index contributed by atoms with van der Waals surface area (Å²) in [5, 5.41) is 15.2. The van der Waals surface area contributed by atoms with Crippen LogP contribution in [0.4, 0.5) is 13.2 Å². The molecule has 1 aromatic carbocycles. The predicted molar refractivity (Wildman–Crippen MR) is 92.8 cm³/mol. The first-order valence-corrected chi connectivity index (χ1v) is 8.03. The number of pyridine rings is 1. The first kappa shape index (κ1) is 19.1. The van der Waals surface area contributed by atoms with Gasteiger partial charge in [0.2, 0.25) is 5.82 Å². The van der Waals surface area contributed by atoms with Crippen LogP contribution in [0.5, 0.6) is 0 Å². The minimum atomic E-state index is -4.48. The number of tetrazole rings is 1. The summed E-state index contributed by atoms with van der Waals surface area (Å²) < 4.78 is 38.4. The molecule has 0 saturated heterocycles. The number of hydrogen-bond donors (Lipinski definition) is 1. The maximum absolute atomic E-state index is 12.8. The standard InChI is InChI=1S/C17H14F3N7O/c1-11(14-7-2-3-8-21-14)22-23-15(28)10-27-25-16(24-26-27)12-5-4-6-13(9-12)17(18,19)20/h2-9H,10H2,1H3,(H,23,28)/b22-11-. The number of hydrogen-bond acceptors (Lipinski definition) is 6. The molecule has 144 valence electrons. The van der Waals surface area contributed by atoms with E-state index < -0.39 is 17.6 Å². The van der Waals surface area contributed by atoms with Gasteiger partial charge >= 0.3 is 6.18 Å². The highest BCUT2D eigenvalue weighted by Gasteiger charge is 2.30. The second-order valence-corrected chi connectivity index (χ2v) is 5.67. The van der Waals surface area contributed by atoms with E-state index >= 15 is 0 Å². The molecule has 0 fully saturated rings. The van der Waals surface area contributed by atoms with E-state index in [1.165, 1.54) is 12.1 Å². The normalized spacial score (nSPS) is 12.1. The van der Waals surface area contributed by atoms with Crippen LogP contribution in [0.15, 0.2) is 53.8 Å². The average Bonchev–Trinajstić information content (AvgIpc) is 3.14. The molecule has 1 amide bonds. The summed E-state index contributed by atoms with van der Waals surface area (Å²) in [4.78, 5) is 17.0. The molecular weight excluding hydrogens is 375 g/mol. The Morgan fingerprint density at radius 3 is 2.75 bits per heavy atom. The molecule has 2 aromatic heterocycles. The predicted octanol–water partition coefficient (Wildman–Crippen LogP) is 2.29. The van der Waals surface area contributed by atoms with Crippen LogP contribution in [-0.4, -0.2) is 36.8 Å². The molecule has 2 heterocycles. The van der Waals surface area contributed by atoms with Crippen molar-refractivity contribution in [3.63, 3.8) is 0 Å². The summed E-state index contributed by atoms with van der Waals surface area (Å²) in [6.07, 6.45) is -2.87. The van der Waals surface area contributed by atoms with Gasteiger partial charge in [-0.25, -0.2) is 5.43 Å². The Balaban J connectivity index is 1.65. The minimum absolute atomic E-state index is 0.0212. The van der Waals surface area contributed by atoms with E-state index in [1.807, 2.05) is 0 Å². The lowest BCUT2D eigenvalue weighted by molar-refractivity contribution is -0.137. The SMILES string of the molecule is C/C(=N/NC(=O)Cn1nnc(-c2cccc(C(F)(F)F)c2)n1)c1ccccn1. The largest absolute Gasteiger partial charge is 0.416 e. The molecule has 28 heavy (non-hydrogen) atoms. The average molecular weight is 389 g/mol. The van der Waals surface area contributed by atoms with Crippen LogP contribution in [0.25, 0.3) is 11.4 Å². The van der Waals surface area contributed by atoms with Gasteiger partial charge in [0.15, 0.2) is 0 Å². The van der Waals surface area contributed by atoms with Crippen molar-refractivity contribution in [3.8, 4) is 11.4 Å². The van der Waals surface area contributed by atoms with E-state index in [0.29, 0.717) is 11.4 Å². The molecule has 1 N–H and O–H groups in total. The van der Waals surface area contributed by atoms with E-state index in [4.69, 9.17) is 0 Å². The second-order valence-electron chi connectivity index (χ2n) is 5.67. The molecule has 0 saturated carbocycles. The van der Waals surface area contributed by atoms with E-state index in [0.717, 1.165) is 16.9 Å². The van der Waals surface area contributed by atoms with Crippen LogP contribution in [0.3, 0.4) is 0 Å². The molecule has 0 spiro atoms. The topological polar surface area (TPSA) is 98.0 Å². The fourth-order valence-electron chi connectivity index (χ4n) is 2.20. The maximum atomic E-state index is 12.8. The Labute approximate surface area is 157 Å². The monoisotopic (exact) mass is 389 g/mol. The molecule has 0 atom stereocenters. The van der Waals surface area contributed by atoms with Crippen molar-refractivity contribution >= 4 is 11.6 Å². The first-order valence-electron chi connectivity index (χ1n) is 8.03. The number of rotatable bonds is 5. The zero-order chi connectivity index (χ0) is 20.1. The van der Waals surface area contributed by atoms with Gasteiger partial charge in [-0.15, -0.1) is 10.2 Å². The molecule has 3 rings (SSSR count). The maximum Gasteiger partial charge on any atom is 0.416 e. The first-order chi connectivity index (χ1) is 13.3. The number of aromatic nitrogens is 5. The Kier molecular flexibility index (Phi) is 5.43.